The number of hydrogen-bond acceptors (Lipinski definition) is 4. The molecule has 0 saturated heterocycles. The molecule has 0 aliphatic carbocycles. The molecule has 28 heavy (non-hydrogen) atoms. The molecule has 0 aliphatic rings. The highest BCUT2D eigenvalue weighted by Gasteiger charge is 2.33. The Morgan fingerprint density at radius 1 is 1.07 bits per heavy atom. The van der Waals surface area contributed by atoms with Gasteiger partial charge in [-0.3, -0.25) is 0 Å². The van der Waals surface area contributed by atoms with E-state index in [0.29, 0.717) is 22.6 Å². The van der Waals surface area contributed by atoms with Crippen molar-refractivity contribution in [3.05, 3.63) is 76.8 Å². The number of rotatable bonds is 5. The average molecular weight is 411 g/mol. The van der Waals surface area contributed by atoms with Gasteiger partial charge < -0.3 is 11.1 Å². The Morgan fingerprint density at radius 2 is 1.86 bits per heavy atom. The number of nitrogens with zero attached hydrogens (tertiary/aromatic N) is 2. The number of halogens is 5. The number of aromatic nitrogens is 2. The number of anilines is 1. The number of nitrogens with two attached hydrogens (primary N) is 1. The van der Waals surface area contributed by atoms with Crippen LogP contribution in [0.1, 0.15) is 17.2 Å². The molecule has 0 aliphatic heterocycles. The zero-order valence-corrected chi connectivity index (χ0v) is 15.1. The van der Waals surface area contributed by atoms with Crippen molar-refractivity contribution in [1.82, 2.24) is 9.97 Å². The molecule has 1 atom stereocenters. The van der Waals surface area contributed by atoms with E-state index >= 15 is 0 Å². The summed E-state index contributed by atoms with van der Waals surface area (Å²) in [5, 5.41) is 2.60. The summed E-state index contributed by atoms with van der Waals surface area (Å²) in [5.74, 6) is 0.0457. The van der Waals surface area contributed by atoms with Gasteiger partial charge in [-0.1, -0.05) is 29.8 Å². The van der Waals surface area contributed by atoms with Crippen LogP contribution in [-0.4, -0.2) is 16.5 Å². The van der Waals surface area contributed by atoms with E-state index in [1.807, 2.05) is 0 Å². The second-order valence-electron chi connectivity index (χ2n) is 6.02. The molecular weight excluding hydrogens is 396 g/mol. The van der Waals surface area contributed by atoms with Gasteiger partial charge in [-0.15, -0.1) is 0 Å². The summed E-state index contributed by atoms with van der Waals surface area (Å²) in [6.07, 6.45) is -3.25. The first-order chi connectivity index (χ1) is 13.2. The van der Waals surface area contributed by atoms with E-state index in [1.54, 1.807) is 18.2 Å². The molecule has 1 aromatic heterocycles. The molecule has 4 nitrogen and oxygen atoms in total. The van der Waals surface area contributed by atoms with Crippen molar-refractivity contribution in [1.29, 1.82) is 0 Å². The van der Waals surface area contributed by atoms with Gasteiger partial charge in [-0.05, 0) is 29.8 Å². The van der Waals surface area contributed by atoms with E-state index in [1.165, 1.54) is 30.6 Å². The maximum Gasteiger partial charge on any atom is 0.417 e. The molecule has 0 radical (unpaired) electrons. The van der Waals surface area contributed by atoms with Crippen molar-refractivity contribution in [3.63, 3.8) is 0 Å². The second kappa shape index (κ2) is 8.12. The van der Waals surface area contributed by atoms with Gasteiger partial charge in [0.2, 0.25) is 0 Å². The quantitative estimate of drug-likeness (QED) is 0.577. The largest absolute Gasteiger partial charge is 0.417 e. The summed E-state index contributed by atoms with van der Waals surface area (Å²) >= 11 is 5.76. The van der Waals surface area contributed by atoms with E-state index < -0.39 is 22.8 Å². The zero-order valence-electron chi connectivity index (χ0n) is 14.3. The van der Waals surface area contributed by atoms with Crippen molar-refractivity contribution >= 4 is 17.4 Å². The summed E-state index contributed by atoms with van der Waals surface area (Å²) in [6, 6.07) is 10.5. The third-order valence-corrected chi connectivity index (χ3v) is 4.33. The smallest absolute Gasteiger partial charge is 0.368 e. The van der Waals surface area contributed by atoms with Gasteiger partial charge >= 0.3 is 6.18 Å². The Bertz CT molecular complexity index is 978. The summed E-state index contributed by atoms with van der Waals surface area (Å²) < 4.78 is 51.8. The van der Waals surface area contributed by atoms with Gasteiger partial charge in [0.25, 0.3) is 0 Å². The molecule has 3 rings (SSSR count). The van der Waals surface area contributed by atoms with E-state index in [0.717, 1.165) is 6.07 Å². The maximum atomic E-state index is 13.3. The van der Waals surface area contributed by atoms with E-state index in [4.69, 9.17) is 17.3 Å². The van der Waals surface area contributed by atoms with Crippen LogP contribution < -0.4 is 11.1 Å². The van der Waals surface area contributed by atoms with Crippen LogP contribution in [0.15, 0.2) is 54.9 Å². The normalized spacial score (nSPS) is 12.6. The van der Waals surface area contributed by atoms with Crippen molar-refractivity contribution in [2.75, 3.05) is 11.9 Å². The molecule has 9 heteroatoms. The van der Waals surface area contributed by atoms with Crippen LogP contribution in [0.25, 0.3) is 11.3 Å². The monoisotopic (exact) mass is 410 g/mol. The molecule has 0 bridgehead atoms. The molecule has 1 heterocycles. The highest BCUT2D eigenvalue weighted by molar-refractivity contribution is 6.31. The van der Waals surface area contributed by atoms with Gasteiger partial charge in [-0.2, -0.15) is 13.2 Å². The minimum atomic E-state index is -4.53. The molecular formula is C19H15ClF4N4. The molecule has 0 spiro atoms. The SMILES string of the molecule is NC(CNc1cc(-c2ccc(C(F)(F)F)c(Cl)c2)ncn1)c1cccc(F)c1. The lowest BCUT2D eigenvalue weighted by molar-refractivity contribution is -0.137. The first-order valence-corrected chi connectivity index (χ1v) is 8.56. The van der Waals surface area contributed by atoms with E-state index in [9.17, 15) is 17.6 Å². The van der Waals surface area contributed by atoms with Gasteiger partial charge in [-0.25, -0.2) is 14.4 Å². The summed E-state index contributed by atoms with van der Waals surface area (Å²) in [4.78, 5) is 8.13. The molecule has 1 unspecified atom stereocenters. The molecule has 3 aromatic rings. The summed E-state index contributed by atoms with van der Waals surface area (Å²) in [5.41, 5.74) is 6.56. The lowest BCUT2D eigenvalue weighted by atomic mass is 10.1. The molecule has 2 aromatic carbocycles. The highest BCUT2D eigenvalue weighted by Crippen LogP contribution is 2.36. The predicted octanol–water partition coefficient (Wildman–Crippen LogP) is 5.07. The fourth-order valence-corrected chi connectivity index (χ4v) is 2.87. The Kier molecular flexibility index (Phi) is 5.81. The fraction of sp³-hybridized carbons (Fsp3) is 0.158. The highest BCUT2D eigenvalue weighted by atomic mass is 35.5. The van der Waals surface area contributed by atoms with Gasteiger partial charge in [0.1, 0.15) is 18.0 Å². The third kappa shape index (κ3) is 4.76. The van der Waals surface area contributed by atoms with Gasteiger partial charge in [0.05, 0.1) is 16.3 Å². The molecule has 0 amide bonds. The Labute approximate surface area is 163 Å². The molecule has 146 valence electrons. The minimum Gasteiger partial charge on any atom is -0.368 e. The number of nitrogens with one attached hydrogen (secondary N) is 1. The van der Waals surface area contributed by atoms with Crippen molar-refractivity contribution in [3.8, 4) is 11.3 Å². The predicted molar refractivity (Wildman–Crippen MR) is 99.3 cm³/mol. The Hall–Kier alpha value is -2.71. The molecule has 0 saturated carbocycles. The lowest BCUT2D eigenvalue weighted by Crippen LogP contribution is -2.21. The standard InChI is InChI=1S/C19H15ClF4N4/c20-15-7-12(4-5-14(15)19(22,23)24)17-8-18(28-10-27-17)26-9-16(25)11-2-1-3-13(21)6-11/h1-8,10,16H,9,25H2,(H,26,27,28). The van der Waals surface area contributed by atoms with Crippen LogP contribution in [0.4, 0.5) is 23.4 Å². The first-order valence-electron chi connectivity index (χ1n) is 8.18. The van der Waals surface area contributed by atoms with Crippen molar-refractivity contribution in [2.45, 2.75) is 12.2 Å². The number of alkyl halides is 3. The molecule has 0 fully saturated rings. The van der Waals surface area contributed by atoms with Crippen LogP contribution in [-0.2, 0) is 6.18 Å². The minimum absolute atomic E-state index is 0.272. The van der Waals surface area contributed by atoms with Gasteiger partial charge in [0.15, 0.2) is 0 Å². The van der Waals surface area contributed by atoms with Gasteiger partial charge in [0, 0.05) is 24.2 Å². The zero-order chi connectivity index (χ0) is 20.3. The second-order valence-corrected chi connectivity index (χ2v) is 6.43. The number of benzene rings is 2. The maximum absolute atomic E-state index is 13.3. The van der Waals surface area contributed by atoms with Crippen LogP contribution in [0, 0.1) is 5.82 Å². The van der Waals surface area contributed by atoms with Crippen molar-refractivity contribution in [2.24, 2.45) is 5.73 Å². The average Bonchev–Trinajstić information content (AvgIpc) is 2.65. The molecule has 3 N–H and O–H groups in total. The van der Waals surface area contributed by atoms with E-state index in [-0.39, 0.29) is 12.4 Å². The van der Waals surface area contributed by atoms with Crippen molar-refractivity contribution < 1.29 is 17.6 Å². The fourth-order valence-electron chi connectivity index (χ4n) is 2.59. The van der Waals surface area contributed by atoms with Crippen LogP contribution in [0.3, 0.4) is 0 Å². The number of hydrogen-bond donors (Lipinski definition) is 2. The lowest BCUT2D eigenvalue weighted by Gasteiger charge is -2.14. The third-order valence-electron chi connectivity index (χ3n) is 4.02. The van der Waals surface area contributed by atoms with E-state index in [2.05, 4.69) is 15.3 Å². The first kappa shape index (κ1) is 20.0. The topological polar surface area (TPSA) is 63.8 Å². The Morgan fingerprint density at radius 3 is 2.54 bits per heavy atom. The van der Waals surface area contributed by atoms with Crippen LogP contribution >= 0.6 is 11.6 Å². The Balaban J connectivity index is 1.75. The summed E-state index contributed by atoms with van der Waals surface area (Å²) in [6.45, 7) is 0.272. The summed E-state index contributed by atoms with van der Waals surface area (Å²) in [7, 11) is 0. The van der Waals surface area contributed by atoms with Crippen LogP contribution in [0.5, 0.6) is 0 Å². The van der Waals surface area contributed by atoms with Crippen LogP contribution in [0.2, 0.25) is 5.02 Å².